The second-order valence-corrected chi connectivity index (χ2v) is 9.01. The van der Waals surface area contributed by atoms with Crippen molar-refractivity contribution in [2.45, 2.75) is 38.1 Å². The molecule has 2 amide bonds. The first-order valence-corrected chi connectivity index (χ1v) is 11.3. The average molecular weight is 482 g/mol. The van der Waals surface area contributed by atoms with Gasteiger partial charge in [0.1, 0.15) is 11.9 Å². The first-order chi connectivity index (χ1) is 15.6. The van der Waals surface area contributed by atoms with Crippen LogP contribution in [-0.2, 0) is 10.9 Å². The van der Waals surface area contributed by atoms with Crippen molar-refractivity contribution in [3.63, 3.8) is 0 Å². The Morgan fingerprint density at radius 1 is 1.33 bits per heavy atom. The molecule has 12 heteroatoms. The van der Waals surface area contributed by atoms with E-state index in [1.165, 1.54) is 17.3 Å². The summed E-state index contributed by atoms with van der Waals surface area (Å²) in [6, 6.07) is 2.96. The summed E-state index contributed by atoms with van der Waals surface area (Å²) in [4.78, 5) is 32.1. The number of carbonyl (C=O) groups is 2. The lowest BCUT2D eigenvalue weighted by atomic mass is 9.92. The van der Waals surface area contributed by atoms with Crippen LogP contribution in [0.3, 0.4) is 0 Å². The molecule has 2 fully saturated rings. The van der Waals surface area contributed by atoms with Crippen LogP contribution >= 0.6 is 11.3 Å². The molecule has 8 nitrogen and oxygen atoms in total. The van der Waals surface area contributed by atoms with Gasteiger partial charge in [-0.25, -0.2) is 9.78 Å². The number of nitriles is 1. The molecule has 0 aromatic carbocycles. The zero-order valence-electron chi connectivity index (χ0n) is 18.0. The van der Waals surface area contributed by atoms with E-state index in [1.54, 1.807) is 11.8 Å². The largest absolute Gasteiger partial charge is 0.446 e. The number of hydrogen-bond donors (Lipinski definition) is 1. The van der Waals surface area contributed by atoms with E-state index in [0.717, 1.165) is 17.4 Å². The number of ether oxygens (including phenoxy) is 1. The van der Waals surface area contributed by atoms with Gasteiger partial charge in [-0.3, -0.25) is 4.79 Å². The van der Waals surface area contributed by atoms with Crippen LogP contribution in [0.5, 0.6) is 0 Å². The Balaban J connectivity index is 1.49. The number of nitrogens with one attached hydrogen (secondary N) is 1. The summed E-state index contributed by atoms with van der Waals surface area (Å²) in [5.41, 5.74) is -0.695. The molecule has 4 heterocycles. The van der Waals surface area contributed by atoms with Crippen molar-refractivity contribution in [2.75, 3.05) is 31.6 Å². The number of pyridine rings is 1. The molecule has 176 valence electrons. The van der Waals surface area contributed by atoms with Crippen LogP contribution in [0, 0.1) is 17.2 Å². The van der Waals surface area contributed by atoms with Crippen molar-refractivity contribution in [3.8, 4) is 6.07 Å². The summed E-state index contributed by atoms with van der Waals surface area (Å²) in [5, 5.41) is 12.8. The molecule has 0 spiro atoms. The number of piperidine rings is 1. The smallest absolute Gasteiger partial charge is 0.417 e. The van der Waals surface area contributed by atoms with Crippen LogP contribution in [-0.4, -0.2) is 60.7 Å². The second kappa shape index (κ2) is 8.70. The number of hydrogen-bond acceptors (Lipinski definition) is 7. The molecule has 0 saturated carbocycles. The van der Waals surface area contributed by atoms with E-state index in [-0.39, 0.29) is 39.7 Å². The highest BCUT2D eigenvalue weighted by Gasteiger charge is 2.41. The monoisotopic (exact) mass is 481 g/mol. The molecule has 2 aromatic heterocycles. The molecule has 0 unspecified atom stereocenters. The highest BCUT2D eigenvalue weighted by Crippen LogP contribution is 2.40. The standard InChI is InChI=1S/C21H22F3N5O3S/c1-11-12(8-25)9-29(11)20(31)32-13-3-5-28(6-4-13)16-7-15(21(22,23)24)18-17(27-16)14(10-33-18)19(30)26-2/h7,10-13H,3-6,9H2,1-2H3,(H,26,30)/t11-,12-/m0/s1. The van der Waals surface area contributed by atoms with Gasteiger partial charge >= 0.3 is 12.3 Å². The minimum Gasteiger partial charge on any atom is -0.446 e. The van der Waals surface area contributed by atoms with E-state index in [2.05, 4.69) is 16.4 Å². The summed E-state index contributed by atoms with van der Waals surface area (Å²) in [5.74, 6) is -0.556. The van der Waals surface area contributed by atoms with E-state index < -0.39 is 23.7 Å². The molecule has 2 aliphatic heterocycles. The molecule has 2 saturated heterocycles. The maximum absolute atomic E-state index is 13.7. The maximum atomic E-state index is 13.7. The fraction of sp³-hybridized carbons (Fsp3) is 0.524. The molecule has 4 rings (SSSR count). The van der Waals surface area contributed by atoms with E-state index >= 15 is 0 Å². The zero-order chi connectivity index (χ0) is 23.9. The molecule has 2 aliphatic rings. The van der Waals surface area contributed by atoms with Crippen molar-refractivity contribution in [2.24, 2.45) is 5.92 Å². The van der Waals surface area contributed by atoms with Crippen LogP contribution in [0.4, 0.5) is 23.8 Å². The lowest BCUT2D eigenvalue weighted by Gasteiger charge is -2.43. The van der Waals surface area contributed by atoms with Crippen molar-refractivity contribution in [3.05, 3.63) is 22.6 Å². The van der Waals surface area contributed by atoms with E-state index in [0.29, 0.717) is 32.5 Å². The molecule has 0 radical (unpaired) electrons. The Labute approximate surface area is 191 Å². The van der Waals surface area contributed by atoms with Crippen LogP contribution in [0.15, 0.2) is 11.4 Å². The van der Waals surface area contributed by atoms with Gasteiger partial charge in [0.05, 0.1) is 33.3 Å². The van der Waals surface area contributed by atoms with Crippen molar-refractivity contribution in [1.82, 2.24) is 15.2 Å². The van der Waals surface area contributed by atoms with Gasteiger partial charge in [0, 0.05) is 50.9 Å². The van der Waals surface area contributed by atoms with Crippen molar-refractivity contribution >= 4 is 39.4 Å². The number of alkyl halides is 3. The Morgan fingerprint density at radius 3 is 2.61 bits per heavy atom. The number of rotatable bonds is 3. The molecule has 33 heavy (non-hydrogen) atoms. The molecule has 2 atom stereocenters. The maximum Gasteiger partial charge on any atom is 0.417 e. The molecule has 2 aromatic rings. The SMILES string of the molecule is CNC(=O)c1csc2c(C(F)(F)F)cc(N3CCC(OC(=O)N4C[C@H](C#N)[C@@H]4C)CC3)nc12. The number of halogens is 3. The van der Waals surface area contributed by atoms with Crippen molar-refractivity contribution < 1.29 is 27.5 Å². The predicted octanol–water partition coefficient (Wildman–Crippen LogP) is 3.62. The highest BCUT2D eigenvalue weighted by atomic mass is 32.1. The third-order valence-electron chi connectivity index (χ3n) is 6.19. The number of anilines is 1. The van der Waals surface area contributed by atoms with E-state index in [1.807, 2.05) is 0 Å². The first-order valence-electron chi connectivity index (χ1n) is 10.5. The Bertz CT molecular complexity index is 1120. The number of fused-ring (bicyclic) bond motifs is 1. The van der Waals surface area contributed by atoms with Gasteiger partial charge in [0.2, 0.25) is 0 Å². The van der Waals surface area contributed by atoms with Gasteiger partial charge in [-0.1, -0.05) is 0 Å². The fourth-order valence-corrected chi connectivity index (χ4v) is 5.10. The van der Waals surface area contributed by atoms with Gasteiger partial charge in [0.15, 0.2) is 0 Å². The Kier molecular flexibility index (Phi) is 6.09. The predicted molar refractivity (Wildman–Crippen MR) is 115 cm³/mol. The summed E-state index contributed by atoms with van der Waals surface area (Å²) < 4.78 is 46.7. The summed E-state index contributed by atoms with van der Waals surface area (Å²) in [7, 11) is 1.41. The minimum atomic E-state index is -4.59. The Morgan fingerprint density at radius 2 is 2.03 bits per heavy atom. The van der Waals surface area contributed by atoms with Gasteiger partial charge in [-0.2, -0.15) is 18.4 Å². The second-order valence-electron chi connectivity index (χ2n) is 8.13. The van der Waals surface area contributed by atoms with E-state index in [9.17, 15) is 22.8 Å². The molecular weight excluding hydrogens is 459 g/mol. The van der Waals surface area contributed by atoms with Gasteiger partial charge in [-0.15, -0.1) is 11.3 Å². The number of aromatic nitrogens is 1. The van der Waals surface area contributed by atoms with Crippen LogP contribution in [0.2, 0.25) is 0 Å². The summed E-state index contributed by atoms with van der Waals surface area (Å²) >= 11 is 0.842. The number of amides is 2. The summed E-state index contributed by atoms with van der Waals surface area (Å²) in [6.07, 6.45) is -4.56. The fourth-order valence-electron chi connectivity index (χ4n) is 4.08. The third kappa shape index (κ3) is 4.29. The number of thiophene rings is 1. The molecular formula is C21H22F3N5O3S. The molecule has 1 N–H and O–H groups in total. The number of carbonyl (C=O) groups excluding carboxylic acids is 2. The highest BCUT2D eigenvalue weighted by molar-refractivity contribution is 7.17. The van der Waals surface area contributed by atoms with Gasteiger partial charge in [0.25, 0.3) is 5.91 Å². The number of likely N-dealkylation sites (tertiary alicyclic amines) is 1. The first kappa shape index (κ1) is 23.1. The van der Waals surface area contributed by atoms with Crippen LogP contribution < -0.4 is 10.2 Å². The summed E-state index contributed by atoms with van der Waals surface area (Å²) in [6.45, 7) is 2.83. The quantitative estimate of drug-likeness (QED) is 0.719. The van der Waals surface area contributed by atoms with Gasteiger partial charge in [-0.05, 0) is 13.0 Å². The van der Waals surface area contributed by atoms with Gasteiger partial charge < -0.3 is 19.9 Å². The molecule has 0 aliphatic carbocycles. The average Bonchev–Trinajstić information content (AvgIpc) is 3.21. The number of nitrogens with zero attached hydrogens (tertiary/aromatic N) is 4. The van der Waals surface area contributed by atoms with Crippen LogP contribution in [0.1, 0.15) is 35.7 Å². The normalized spacial score (nSPS) is 21.5. The minimum absolute atomic E-state index is 0.0246. The lowest BCUT2D eigenvalue weighted by molar-refractivity contribution is -0.136. The third-order valence-corrected chi connectivity index (χ3v) is 7.19. The molecule has 0 bridgehead atoms. The lowest BCUT2D eigenvalue weighted by Crippen LogP contribution is -2.57. The van der Waals surface area contributed by atoms with Crippen LogP contribution in [0.25, 0.3) is 10.2 Å². The topological polar surface area (TPSA) is 98.6 Å². The Hall–Kier alpha value is -3.07. The zero-order valence-corrected chi connectivity index (χ0v) is 18.8. The van der Waals surface area contributed by atoms with Crippen molar-refractivity contribution in [1.29, 1.82) is 5.26 Å². The van der Waals surface area contributed by atoms with E-state index in [4.69, 9.17) is 10.00 Å².